The molecule has 1 fully saturated rings. The molecule has 1 aliphatic carbocycles. The van der Waals surface area contributed by atoms with Gasteiger partial charge in [-0.05, 0) is 19.8 Å². The highest BCUT2D eigenvalue weighted by molar-refractivity contribution is 5.10. The third kappa shape index (κ3) is 2.14. The van der Waals surface area contributed by atoms with E-state index in [2.05, 4.69) is 19.1 Å². The second-order valence-corrected chi connectivity index (χ2v) is 4.51. The lowest BCUT2D eigenvalue weighted by Crippen LogP contribution is -2.29. The fourth-order valence-electron chi connectivity index (χ4n) is 2.55. The van der Waals surface area contributed by atoms with E-state index in [0.29, 0.717) is 6.10 Å². The Hall–Kier alpha value is -0.300. The van der Waals surface area contributed by atoms with Crippen LogP contribution in [-0.4, -0.2) is 11.7 Å². The maximum Gasteiger partial charge on any atom is 0.0871 e. The van der Waals surface area contributed by atoms with Crippen molar-refractivity contribution in [1.82, 2.24) is 0 Å². The van der Waals surface area contributed by atoms with E-state index in [1.54, 1.807) is 0 Å². The van der Waals surface area contributed by atoms with Crippen LogP contribution in [0.2, 0.25) is 0 Å². The molecule has 1 aliphatic heterocycles. The van der Waals surface area contributed by atoms with Gasteiger partial charge in [0, 0.05) is 0 Å². The summed E-state index contributed by atoms with van der Waals surface area (Å²) in [4.78, 5) is 0. The molecule has 0 amide bonds. The van der Waals surface area contributed by atoms with E-state index in [-0.39, 0.29) is 5.60 Å². The fraction of sp³-hybridized carbons (Fsp3) is 0.833. The van der Waals surface area contributed by atoms with Gasteiger partial charge in [-0.1, -0.05) is 44.3 Å². The molecule has 0 radical (unpaired) electrons. The molecule has 1 heterocycles. The third-order valence-electron chi connectivity index (χ3n) is 3.29. The molecule has 0 aromatic heterocycles. The van der Waals surface area contributed by atoms with Crippen LogP contribution in [0.15, 0.2) is 12.2 Å². The van der Waals surface area contributed by atoms with Crippen LogP contribution in [0.5, 0.6) is 0 Å². The SMILES string of the molecule is CC1C=CC2(CCCCCCC2)O1. The first-order chi connectivity index (χ1) is 6.31. The van der Waals surface area contributed by atoms with Gasteiger partial charge in [-0.25, -0.2) is 0 Å². The zero-order valence-electron chi connectivity index (χ0n) is 8.59. The van der Waals surface area contributed by atoms with Crippen molar-refractivity contribution in [3.8, 4) is 0 Å². The standard InChI is InChI=1S/C12H20O/c1-11-7-10-12(13-11)8-5-3-2-4-6-9-12/h7,10-11H,2-6,8-9H2,1H3. The van der Waals surface area contributed by atoms with Crippen LogP contribution < -0.4 is 0 Å². The van der Waals surface area contributed by atoms with Crippen LogP contribution >= 0.6 is 0 Å². The Morgan fingerprint density at radius 3 is 2.23 bits per heavy atom. The maximum absolute atomic E-state index is 6.01. The van der Waals surface area contributed by atoms with Crippen LogP contribution in [0.3, 0.4) is 0 Å². The molecule has 74 valence electrons. The highest BCUT2D eigenvalue weighted by Crippen LogP contribution is 2.35. The first-order valence-corrected chi connectivity index (χ1v) is 5.68. The van der Waals surface area contributed by atoms with Crippen molar-refractivity contribution in [2.75, 3.05) is 0 Å². The van der Waals surface area contributed by atoms with Crippen molar-refractivity contribution in [2.24, 2.45) is 0 Å². The van der Waals surface area contributed by atoms with E-state index in [1.165, 1.54) is 44.9 Å². The van der Waals surface area contributed by atoms with Crippen LogP contribution in [0.4, 0.5) is 0 Å². The predicted molar refractivity (Wildman–Crippen MR) is 54.7 cm³/mol. The largest absolute Gasteiger partial charge is 0.364 e. The summed E-state index contributed by atoms with van der Waals surface area (Å²) < 4.78 is 6.01. The zero-order valence-corrected chi connectivity index (χ0v) is 8.59. The Morgan fingerprint density at radius 1 is 1.08 bits per heavy atom. The molecule has 1 atom stereocenters. The van der Waals surface area contributed by atoms with Gasteiger partial charge in [0.15, 0.2) is 0 Å². The van der Waals surface area contributed by atoms with Crippen molar-refractivity contribution in [1.29, 1.82) is 0 Å². The first-order valence-electron chi connectivity index (χ1n) is 5.68. The van der Waals surface area contributed by atoms with E-state index < -0.39 is 0 Å². The van der Waals surface area contributed by atoms with Gasteiger partial charge in [0.1, 0.15) is 0 Å². The average Bonchev–Trinajstić information content (AvgIpc) is 2.42. The number of ether oxygens (including phenoxy) is 1. The van der Waals surface area contributed by atoms with Crippen LogP contribution in [0, 0.1) is 0 Å². The van der Waals surface area contributed by atoms with E-state index >= 15 is 0 Å². The summed E-state index contributed by atoms with van der Waals surface area (Å²) in [6.07, 6.45) is 14.3. The maximum atomic E-state index is 6.01. The molecule has 1 nitrogen and oxygen atoms in total. The molecule has 0 saturated heterocycles. The summed E-state index contributed by atoms with van der Waals surface area (Å²) in [5.74, 6) is 0. The molecule has 2 aliphatic rings. The highest BCUT2D eigenvalue weighted by atomic mass is 16.5. The number of hydrogen-bond donors (Lipinski definition) is 0. The van der Waals surface area contributed by atoms with Crippen molar-refractivity contribution >= 4 is 0 Å². The third-order valence-corrected chi connectivity index (χ3v) is 3.29. The molecule has 0 aromatic rings. The molecular formula is C12H20O. The van der Waals surface area contributed by atoms with Gasteiger partial charge >= 0.3 is 0 Å². The zero-order chi connectivity index (χ0) is 9.15. The average molecular weight is 180 g/mol. The molecule has 0 N–H and O–H groups in total. The Balaban J connectivity index is 1.99. The molecule has 13 heavy (non-hydrogen) atoms. The number of hydrogen-bond acceptors (Lipinski definition) is 1. The minimum Gasteiger partial charge on any atom is -0.364 e. The van der Waals surface area contributed by atoms with Crippen molar-refractivity contribution in [3.63, 3.8) is 0 Å². The van der Waals surface area contributed by atoms with Gasteiger partial charge in [-0.2, -0.15) is 0 Å². The minimum absolute atomic E-state index is 0.139. The van der Waals surface area contributed by atoms with E-state index in [9.17, 15) is 0 Å². The fourth-order valence-corrected chi connectivity index (χ4v) is 2.55. The molecule has 1 spiro atoms. The van der Waals surface area contributed by atoms with Gasteiger partial charge in [0.2, 0.25) is 0 Å². The molecule has 1 heteroatoms. The van der Waals surface area contributed by atoms with E-state index in [0.717, 1.165) is 0 Å². The van der Waals surface area contributed by atoms with Gasteiger partial charge in [-0.15, -0.1) is 0 Å². The summed E-state index contributed by atoms with van der Waals surface area (Å²) in [6, 6.07) is 0. The smallest absolute Gasteiger partial charge is 0.0871 e. The van der Waals surface area contributed by atoms with E-state index in [1.807, 2.05) is 0 Å². The summed E-state index contributed by atoms with van der Waals surface area (Å²) in [5, 5.41) is 0. The van der Waals surface area contributed by atoms with Crippen molar-refractivity contribution in [3.05, 3.63) is 12.2 Å². The minimum atomic E-state index is 0.139. The van der Waals surface area contributed by atoms with Gasteiger partial charge < -0.3 is 4.74 Å². The molecule has 1 saturated carbocycles. The summed E-state index contributed by atoms with van der Waals surface area (Å²) in [6.45, 7) is 2.14. The summed E-state index contributed by atoms with van der Waals surface area (Å²) in [7, 11) is 0. The molecule has 1 unspecified atom stereocenters. The number of rotatable bonds is 0. The Morgan fingerprint density at radius 2 is 1.69 bits per heavy atom. The van der Waals surface area contributed by atoms with Gasteiger partial charge in [-0.3, -0.25) is 0 Å². The quantitative estimate of drug-likeness (QED) is 0.519. The predicted octanol–water partition coefficient (Wildman–Crippen LogP) is 3.44. The normalized spacial score (nSPS) is 33.2. The second-order valence-electron chi connectivity index (χ2n) is 4.51. The first kappa shape index (κ1) is 9.26. The van der Waals surface area contributed by atoms with Crippen molar-refractivity contribution in [2.45, 2.75) is 63.6 Å². The summed E-state index contributed by atoms with van der Waals surface area (Å²) >= 11 is 0. The van der Waals surface area contributed by atoms with Gasteiger partial charge in [0.25, 0.3) is 0 Å². The second kappa shape index (κ2) is 3.83. The molecule has 0 bridgehead atoms. The Kier molecular flexibility index (Phi) is 2.73. The lowest BCUT2D eigenvalue weighted by Gasteiger charge is -2.30. The molecule has 0 aromatic carbocycles. The van der Waals surface area contributed by atoms with Crippen molar-refractivity contribution < 1.29 is 4.74 Å². The topological polar surface area (TPSA) is 9.23 Å². The van der Waals surface area contributed by atoms with Gasteiger partial charge in [0.05, 0.1) is 11.7 Å². The highest BCUT2D eigenvalue weighted by Gasteiger charge is 2.33. The lowest BCUT2D eigenvalue weighted by atomic mass is 9.87. The lowest BCUT2D eigenvalue weighted by molar-refractivity contribution is -0.0323. The Bertz CT molecular complexity index is 187. The van der Waals surface area contributed by atoms with Crippen LogP contribution in [0.25, 0.3) is 0 Å². The summed E-state index contributed by atoms with van der Waals surface area (Å²) in [5.41, 5.74) is 0.139. The Labute approximate surface area is 81.2 Å². The van der Waals surface area contributed by atoms with E-state index in [4.69, 9.17) is 4.74 Å². The van der Waals surface area contributed by atoms with Crippen LogP contribution in [0.1, 0.15) is 51.9 Å². The molecular weight excluding hydrogens is 160 g/mol. The monoisotopic (exact) mass is 180 g/mol. The molecule has 2 rings (SSSR count). The van der Waals surface area contributed by atoms with Crippen LogP contribution in [-0.2, 0) is 4.74 Å².